The van der Waals surface area contributed by atoms with Crippen molar-refractivity contribution in [2.24, 2.45) is 0 Å². The van der Waals surface area contributed by atoms with Gasteiger partial charge in [0.25, 0.3) is 5.91 Å². The van der Waals surface area contributed by atoms with Crippen molar-refractivity contribution in [1.82, 2.24) is 15.0 Å². The third-order valence-electron chi connectivity index (χ3n) is 4.96. The van der Waals surface area contributed by atoms with E-state index >= 15 is 0 Å². The van der Waals surface area contributed by atoms with Crippen molar-refractivity contribution in [1.29, 1.82) is 0 Å². The van der Waals surface area contributed by atoms with Gasteiger partial charge in [-0.25, -0.2) is 4.68 Å². The maximum absolute atomic E-state index is 12.7. The lowest BCUT2D eigenvalue weighted by atomic mass is 10.0. The van der Waals surface area contributed by atoms with Crippen LogP contribution in [0.3, 0.4) is 0 Å². The molecular formula is C24H23N5O. The van der Waals surface area contributed by atoms with Crippen molar-refractivity contribution in [2.45, 2.75) is 19.9 Å². The maximum atomic E-state index is 12.7. The number of anilines is 2. The molecule has 30 heavy (non-hydrogen) atoms. The highest BCUT2D eigenvalue weighted by molar-refractivity contribution is 6.04. The molecule has 0 radical (unpaired) electrons. The SMILES string of the molecule is CCc1ccc(Cn2cc(C(=O)Nc3cc(-c4ccccc4)ccc3N)nn2)cc1. The predicted octanol–water partition coefficient (Wildman–Crippen LogP) is 4.39. The minimum absolute atomic E-state index is 0.240. The average Bonchev–Trinajstić information content (AvgIpc) is 3.25. The standard InChI is InChI=1S/C24H23N5O/c1-2-17-8-10-18(11-9-17)15-29-16-23(27-28-29)24(30)26-22-14-20(12-13-21(22)25)19-6-4-3-5-7-19/h3-14,16H,2,15,25H2,1H3,(H,26,30). The van der Waals surface area contributed by atoms with Crippen LogP contribution in [0.2, 0.25) is 0 Å². The molecule has 6 nitrogen and oxygen atoms in total. The fraction of sp³-hybridized carbons (Fsp3) is 0.125. The zero-order chi connectivity index (χ0) is 20.9. The molecule has 0 aliphatic rings. The smallest absolute Gasteiger partial charge is 0.277 e. The number of amides is 1. The zero-order valence-electron chi connectivity index (χ0n) is 16.7. The molecule has 0 unspecified atom stereocenters. The number of nitrogens with zero attached hydrogens (tertiary/aromatic N) is 3. The van der Waals surface area contributed by atoms with Crippen molar-refractivity contribution in [2.75, 3.05) is 11.1 Å². The Morgan fingerprint density at radius 3 is 2.43 bits per heavy atom. The van der Waals surface area contributed by atoms with E-state index in [2.05, 4.69) is 46.8 Å². The first-order valence-electron chi connectivity index (χ1n) is 9.86. The summed E-state index contributed by atoms with van der Waals surface area (Å²) in [5.41, 5.74) is 11.8. The minimum Gasteiger partial charge on any atom is -0.397 e. The Morgan fingerprint density at radius 2 is 1.70 bits per heavy atom. The topological polar surface area (TPSA) is 85.8 Å². The molecule has 0 bridgehead atoms. The van der Waals surface area contributed by atoms with E-state index in [-0.39, 0.29) is 11.6 Å². The summed E-state index contributed by atoms with van der Waals surface area (Å²) in [4.78, 5) is 12.7. The molecule has 6 heteroatoms. The van der Waals surface area contributed by atoms with Gasteiger partial charge in [-0.05, 0) is 40.8 Å². The zero-order valence-corrected chi connectivity index (χ0v) is 16.7. The first kappa shape index (κ1) is 19.4. The van der Waals surface area contributed by atoms with E-state index in [0.717, 1.165) is 23.1 Å². The number of carbonyl (C=O) groups is 1. The summed E-state index contributed by atoms with van der Waals surface area (Å²) in [7, 11) is 0. The quantitative estimate of drug-likeness (QED) is 0.473. The summed E-state index contributed by atoms with van der Waals surface area (Å²) in [6.07, 6.45) is 2.64. The van der Waals surface area contributed by atoms with E-state index in [1.54, 1.807) is 16.9 Å². The molecule has 4 rings (SSSR count). The lowest BCUT2D eigenvalue weighted by Gasteiger charge is -2.09. The van der Waals surface area contributed by atoms with Gasteiger partial charge < -0.3 is 11.1 Å². The normalized spacial score (nSPS) is 10.7. The summed E-state index contributed by atoms with van der Waals surface area (Å²) in [6.45, 7) is 2.68. The summed E-state index contributed by atoms with van der Waals surface area (Å²) in [5, 5.41) is 10.9. The largest absolute Gasteiger partial charge is 0.397 e. The molecule has 1 amide bonds. The average molecular weight is 397 g/mol. The van der Waals surface area contributed by atoms with Gasteiger partial charge in [0.05, 0.1) is 24.1 Å². The molecule has 0 aliphatic carbocycles. The van der Waals surface area contributed by atoms with Crippen LogP contribution >= 0.6 is 0 Å². The molecule has 4 aromatic rings. The molecular weight excluding hydrogens is 374 g/mol. The van der Waals surface area contributed by atoms with Gasteiger partial charge in [-0.15, -0.1) is 5.10 Å². The van der Waals surface area contributed by atoms with E-state index in [0.29, 0.717) is 17.9 Å². The molecule has 0 aliphatic heterocycles. The van der Waals surface area contributed by atoms with Crippen molar-refractivity contribution >= 4 is 17.3 Å². The van der Waals surface area contributed by atoms with Gasteiger partial charge in [-0.1, -0.05) is 72.8 Å². The molecule has 3 N–H and O–H groups in total. The highest BCUT2D eigenvalue weighted by Crippen LogP contribution is 2.27. The molecule has 0 saturated heterocycles. The minimum atomic E-state index is -0.348. The van der Waals surface area contributed by atoms with Crippen LogP contribution < -0.4 is 11.1 Å². The number of rotatable bonds is 6. The third kappa shape index (κ3) is 4.38. The number of nitrogen functional groups attached to an aromatic ring is 1. The van der Waals surface area contributed by atoms with Crippen LogP contribution in [0.15, 0.2) is 79.0 Å². The Labute approximate surface area is 175 Å². The van der Waals surface area contributed by atoms with Crippen molar-refractivity contribution < 1.29 is 4.79 Å². The molecule has 0 atom stereocenters. The summed E-state index contributed by atoms with van der Waals surface area (Å²) >= 11 is 0. The summed E-state index contributed by atoms with van der Waals surface area (Å²) in [5.74, 6) is -0.348. The fourth-order valence-electron chi connectivity index (χ4n) is 3.21. The Bertz CT molecular complexity index is 1150. The maximum Gasteiger partial charge on any atom is 0.277 e. The second kappa shape index (κ2) is 8.61. The molecule has 1 aromatic heterocycles. The van der Waals surface area contributed by atoms with Crippen LogP contribution in [-0.2, 0) is 13.0 Å². The van der Waals surface area contributed by atoms with Gasteiger partial charge in [0, 0.05) is 0 Å². The van der Waals surface area contributed by atoms with Crippen LogP contribution in [-0.4, -0.2) is 20.9 Å². The number of hydrogen-bond acceptors (Lipinski definition) is 4. The highest BCUT2D eigenvalue weighted by Gasteiger charge is 2.13. The van der Waals surface area contributed by atoms with Gasteiger partial charge in [0.2, 0.25) is 0 Å². The summed E-state index contributed by atoms with van der Waals surface area (Å²) < 4.78 is 1.65. The number of benzene rings is 3. The Kier molecular flexibility index (Phi) is 5.57. The van der Waals surface area contributed by atoms with E-state index < -0.39 is 0 Å². The predicted molar refractivity (Wildman–Crippen MR) is 119 cm³/mol. The number of aryl methyl sites for hydroxylation is 1. The first-order chi connectivity index (χ1) is 14.6. The monoisotopic (exact) mass is 397 g/mol. The van der Waals surface area contributed by atoms with Crippen molar-refractivity contribution in [3.05, 3.63) is 95.8 Å². The van der Waals surface area contributed by atoms with Crippen LogP contribution in [0.1, 0.15) is 28.5 Å². The number of carbonyl (C=O) groups excluding carboxylic acids is 1. The summed E-state index contributed by atoms with van der Waals surface area (Å²) in [6, 6.07) is 23.8. The Balaban J connectivity index is 1.48. The highest BCUT2D eigenvalue weighted by atomic mass is 16.2. The number of aromatic nitrogens is 3. The van der Waals surface area contributed by atoms with Gasteiger partial charge in [-0.3, -0.25) is 4.79 Å². The first-order valence-corrected chi connectivity index (χ1v) is 9.86. The fourth-order valence-corrected chi connectivity index (χ4v) is 3.21. The molecule has 3 aromatic carbocycles. The van der Waals surface area contributed by atoms with E-state index in [1.807, 2.05) is 42.5 Å². The van der Waals surface area contributed by atoms with Crippen molar-refractivity contribution in [3.63, 3.8) is 0 Å². The van der Waals surface area contributed by atoms with Crippen LogP contribution in [0, 0.1) is 0 Å². The van der Waals surface area contributed by atoms with E-state index in [9.17, 15) is 4.79 Å². The second-order valence-corrected chi connectivity index (χ2v) is 7.09. The molecule has 1 heterocycles. The number of nitrogens with one attached hydrogen (secondary N) is 1. The van der Waals surface area contributed by atoms with Gasteiger partial charge in [0.1, 0.15) is 0 Å². The van der Waals surface area contributed by atoms with E-state index in [4.69, 9.17) is 5.73 Å². The molecule has 0 saturated carbocycles. The Hall–Kier alpha value is -3.93. The lowest BCUT2D eigenvalue weighted by Crippen LogP contribution is -2.13. The van der Waals surface area contributed by atoms with Gasteiger partial charge in [0.15, 0.2) is 5.69 Å². The lowest BCUT2D eigenvalue weighted by molar-refractivity contribution is 0.102. The second-order valence-electron chi connectivity index (χ2n) is 7.09. The number of hydrogen-bond donors (Lipinski definition) is 2. The molecule has 0 spiro atoms. The third-order valence-corrected chi connectivity index (χ3v) is 4.96. The van der Waals surface area contributed by atoms with Crippen molar-refractivity contribution in [3.8, 4) is 11.1 Å². The van der Waals surface area contributed by atoms with Crippen LogP contribution in [0.4, 0.5) is 11.4 Å². The van der Waals surface area contributed by atoms with Crippen LogP contribution in [0.25, 0.3) is 11.1 Å². The van der Waals surface area contributed by atoms with Gasteiger partial charge >= 0.3 is 0 Å². The molecule has 150 valence electrons. The molecule has 0 fully saturated rings. The Morgan fingerprint density at radius 1 is 0.967 bits per heavy atom. The van der Waals surface area contributed by atoms with Crippen LogP contribution in [0.5, 0.6) is 0 Å². The van der Waals surface area contributed by atoms with E-state index in [1.165, 1.54) is 5.56 Å². The number of nitrogens with two attached hydrogens (primary N) is 1. The van der Waals surface area contributed by atoms with Gasteiger partial charge in [-0.2, -0.15) is 0 Å².